The molecule has 6 rings (SSSR count). The highest BCUT2D eigenvalue weighted by Crippen LogP contribution is 2.52. The second-order valence-electron chi connectivity index (χ2n) is 6.13. The molecular weight excluding hydrogens is 292 g/mol. The van der Waals surface area contributed by atoms with Gasteiger partial charge in [-0.3, -0.25) is 0 Å². The SMILES string of the molecule is N#CC1=C[C@H]2[C@H]3C=C[C@@H]3[C@@H]1n1c(=O)n(-c3ccccc3)c(=O)n12. The van der Waals surface area contributed by atoms with Crippen LogP contribution in [0.5, 0.6) is 0 Å². The van der Waals surface area contributed by atoms with Crippen LogP contribution in [0.2, 0.25) is 0 Å². The highest BCUT2D eigenvalue weighted by Gasteiger charge is 2.51. The van der Waals surface area contributed by atoms with Gasteiger partial charge in [0.15, 0.2) is 0 Å². The lowest BCUT2D eigenvalue weighted by Crippen LogP contribution is -2.52. The molecule has 0 unspecified atom stereocenters. The Kier molecular flexibility index (Phi) is 2.18. The second-order valence-corrected chi connectivity index (χ2v) is 6.13. The number of aromatic nitrogens is 3. The molecule has 6 nitrogen and oxygen atoms in total. The van der Waals surface area contributed by atoms with Crippen LogP contribution in [0.25, 0.3) is 5.69 Å². The fourth-order valence-corrected chi connectivity index (χ4v) is 4.05. The van der Waals surface area contributed by atoms with Crippen LogP contribution in [-0.4, -0.2) is 13.9 Å². The van der Waals surface area contributed by atoms with Gasteiger partial charge in [-0.25, -0.2) is 23.5 Å². The van der Waals surface area contributed by atoms with Crippen LogP contribution in [0.3, 0.4) is 0 Å². The Morgan fingerprint density at radius 3 is 2.30 bits per heavy atom. The lowest BCUT2D eigenvalue weighted by molar-refractivity contribution is 0.132. The van der Waals surface area contributed by atoms with Crippen LogP contribution in [0, 0.1) is 23.2 Å². The molecule has 0 radical (unpaired) electrons. The third-order valence-corrected chi connectivity index (χ3v) is 5.12. The lowest BCUT2D eigenvalue weighted by atomic mass is 9.66. The van der Waals surface area contributed by atoms with E-state index in [0.29, 0.717) is 11.3 Å². The summed E-state index contributed by atoms with van der Waals surface area (Å²) in [5.41, 5.74) is 0.405. The van der Waals surface area contributed by atoms with Gasteiger partial charge < -0.3 is 0 Å². The Labute approximate surface area is 130 Å². The summed E-state index contributed by atoms with van der Waals surface area (Å²) in [6.07, 6.45) is 5.94. The predicted molar refractivity (Wildman–Crippen MR) is 82.2 cm³/mol. The maximum atomic E-state index is 12.9. The number of rotatable bonds is 1. The average molecular weight is 304 g/mol. The van der Waals surface area contributed by atoms with Gasteiger partial charge in [-0.05, 0) is 18.2 Å². The molecule has 0 amide bonds. The third kappa shape index (κ3) is 1.33. The zero-order valence-electron chi connectivity index (χ0n) is 12.0. The van der Waals surface area contributed by atoms with E-state index in [9.17, 15) is 14.9 Å². The number of para-hydroxylation sites is 1. The van der Waals surface area contributed by atoms with Gasteiger partial charge in [0.2, 0.25) is 0 Å². The number of hydrogen-bond donors (Lipinski definition) is 0. The van der Waals surface area contributed by atoms with E-state index in [1.807, 2.05) is 18.2 Å². The van der Waals surface area contributed by atoms with Gasteiger partial charge in [-0.1, -0.05) is 30.4 Å². The molecule has 0 fully saturated rings. The van der Waals surface area contributed by atoms with Crippen LogP contribution in [-0.2, 0) is 0 Å². The summed E-state index contributed by atoms with van der Waals surface area (Å²) in [6, 6.07) is 10.5. The fraction of sp³-hybridized carbons (Fsp3) is 0.235. The first kappa shape index (κ1) is 12.5. The van der Waals surface area contributed by atoms with Crippen LogP contribution >= 0.6 is 0 Å². The number of benzene rings is 1. The maximum absolute atomic E-state index is 12.9. The third-order valence-electron chi connectivity index (χ3n) is 5.12. The summed E-state index contributed by atoms with van der Waals surface area (Å²) >= 11 is 0. The maximum Gasteiger partial charge on any atom is 0.352 e. The molecule has 6 heteroatoms. The van der Waals surface area contributed by atoms with Crippen molar-refractivity contribution < 1.29 is 0 Å². The van der Waals surface area contributed by atoms with E-state index in [1.165, 1.54) is 13.9 Å². The van der Waals surface area contributed by atoms with Crippen molar-refractivity contribution in [2.75, 3.05) is 0 Å². The summed E-state index contributed by atoms with van der Waals surface area (Å²) in [6.45, 7) is 0. The predicted octanol–water partition coefficient (Wildman–Crippen LogP) is 1.16. The van der Waals surface area contributed by atoms with E-state index in [4.69, 9.17) is 0 Å². The van der Waals surface area contributed by atoms with Crippen molar-refractivity contribution >= 4 is 0 Å². The molecule has 1 aromatic heterocycles. The average Bonchev–Trinajstić information content (AvgIpc) is 2.80. The van der Waals surface area contributed by atoms with Gasteiger partial charge in [-0.2, -0.15) is 5.26 Å². The Morgan fingerprint density at radius 1 is 0.957 bits per heavy atom. The fourth-order valence-electron chi connectivity index (χ4n) is 4.05. The first-order valence-corrected chi connectivity index (χ1v) is 7.54. The minimum atomic E-state index is -0.379. The van der Waals surface area contributed by atoms with Gasteiger partial charge in [0, 0.05) is 11.8 Å². The van der Waals surface area contributed by atoms with Gasteiger partial charge in [0.1, 0.15) is 0 Å². The van der Waals surface area contributed by atoms with E-state index in [-0.39, 0.29) is 35.3 Å². The molecule has 1 aromatic carbocycles. The van der Waals surface area contributed by atoms with Crippen LogP contribution in [0.15, 0.2) is 63.7 Å². The molecule has 4 atom stereocenters. The van der Waals surface area contributed by atoms with Crippen molar-refractivity contribution in [3.63, 3.8) is 0 Å². The largest absolute Gasteiger partial charge is 0.352 e. The van der Waals surface area contributed by atoms with Gasteiger partial charge in [0.25, 0.3) is 0 Å². The van der Waals surface area contributed by atoms with Crippen molar-refractivity contribution in [3.8, 4) is 11.8 Å². The molecule has 2 aliphatic heterocycles. The van der Waals surface area contributed by atoms with Crippen LogP contribution in [0.4, 0.5) is 0 Å². The highest BCUT2D eigenvalue weighted by atomic mass is 16.2. The smallest absolute Gasteiger partial charge is 0.245 e. The zero-order chi connectivity index (χ0) is 15.7. The first-order valence-electron chi connectivity index (χ1n) is 7.54. The molecule has 4 aliphatic rings. The first-order chi connectivity index (χ1) is 11.2. The highest BCUT2D eigenvalue weighted by molar-refractivity contribution is 5.40. The number of nitrogens with zero attached hydrogens (tertiary/aromatic N) is 4. The summed E-state index contributed by atoms with van der Waals surface area (Å²) < 4.78 is 4.19. The monoisotopic (exact) mass is 304 g/mol. The van der Waals surface area contributed by atoms with Crippen molar-refractivity contribution in [1.29, 1.82) is 5.26 Å². The molecule has 112 valence electrons. The molecule has 0 N–H and O–H groups in total. The minimum absolute atomic E-state index is 0.128. The number of hydrogen-bond acceptors (Lipinski definition) is 3. The number of nitriles is 1. The quantitative estimate of drug-likeness (QED) is 0.742. The molecular formula is C17H12N4O2. The van der Waals surface area contributed by atoms with E-state index in [2.05, 4.69) is 12.1 Å². The van der Waals surface area contributed by atoms with Crippen molar-refractivity contribution in [1.82, 2.24) is 13.9 Å². The Bertz CT molecular complexity index is 1040. The van der Waals surface area contributed by atoms with E-state index >= 15 is 0 Å². The molecule has 3 heterocycles. The molecule has 2 aromatic rings. The minimum Gasteiger partial charge on any atom is -0.245 e. The Balaban J connectivity index is 1.83. The van der Waals surface area contributed by atoms with Crippen LogP contribution < -0.4 is 11.4 Å². The Hall–Kier alpha value is -3.07. The molecule has 0 spiro atoms. The lowest BCUT2D eigenvalue weighted by Gasteiger charge is -2.48. The second kappa shape index (κ2) is 4.02. The summed E-state index contributed by atoms with van der Waals surface area (Å²) in [7, 11) is 0. The van der Waals surface area contributed by atoms with E-state index in [0.717, 1.165) is 0 Å². The zero-order valence-corrected chi connectivity index (χ0v) is 12.0. The molecule has 0 saturated heterocycles. The standard InChI is InChI=1S/C17H12N4O2/c18-9-10-8-14-12-6-7-13(12)15(10)21-17(23)19(16(22)20(14)21)11-4-2-1-3-5-11/h1-8,12-15H/t12-,13-,14-,15+/m0/s1. The normalized spacial score (nSPS) is 29.3. The Morgan fingerprint density at radius 2 is 1.65 bits per heavy atom. The molecule has 0 saturated carbocycles. The van der Waals surface area contributed by atoms with Gasteiger partial charge >= 0.3 is 11.4 Å². The molecule has 2 bridgehead atoms. The summed E-state index contributed by atoms with van der Waals surface area (Å²) in [4.78, 5) is 25.8. The van der Waals surface area contributed by atoms with Crippen molar-refractivity contribution in [3.05, 3.63) is 75.1 Å². The summed E-state index contributed by atoms with van der Waals surface area (Å²) in [5.74, 6) is 0.323. The van der Waals surface area contributed by atoms with Crippen LogP contribution in [0.1, 0.15) is 12.1 Å². The topological polar surface area (TPSA) is 72.7 Å². The van der Waals surface area contributed by atoms with E-state index < -0.39 is 0 Å². The van der Waals surface area contributed by atoms with Crippen molar-refractivity contribution in [2.24, 2.45) is 11.8 Å². The van der Waals surface area contributed by atoms with Crippen molar-refractivity contribution in [2.45, 2.75) is 12.1 Å². The molecule has 23 heavy (non-hydrogen) atoms. The molecule has 2 aliphatic carbocycles. The number of allylic oxidation sites excluding steroid dienone is 4. The van der Waals surface area contributed by atoms with Gasteiger partial charge in [-0.15, -0.1) is 0 Å². The van der Waals surface area contributed by atoms with E-state index in [1.54, 1.807) is 24.3 Å². The van der Waals surface area contributed by atoms with Gasteiger partial charge in [0.05, 0.1) is 29.4 Å². The summed E-state index contributed by atoms with van der Waals surface area (Å²) in [5, 5.41) is 9.40.